The van der Waals surface area contributed by atoms with Crippen molar-refractivity contribution in [1.29, 1.82) is 0 Å². The minimum absolute atomic E-state index is 0.00484. The van der Waals surface area contributed by atoms with E-state index in [4.69, 9.17) is 14.2 Å². The summed E-state index contributed by atoms with van der Waals surface area (Å²) in [4.78, 5) is 81.9. The number of fused-ring (bicyclic) bond motifs is 1. The number of cyclic esters (lactones) is 1. The number of carbonyl (C=O) groups excluding carboxylic acids is 6. The molecule has 0 aliphatic carbocycles. The lowest BCUT2D eigenvalue weighted by molar-refractivity contribution is -0.166. The molecule has 24 heteroatoms. The highest BCUT2D eigenvalue weighted by Crippen LogP contribution is 2.52. The molecule has 5 aliphatic heterocycles. The summed E-state index contributed by atoms with van der Waals surface area (Å²) in [5.41, 5.74) is -3.92. The minimum Gasteiger partial charge on any atom is -0.457 e. The second-order valence-electron chi connectivity index (χ2n) is 23.1. The molecule has 7 N–H and O–H groups in total. The van der Waals surface area contributed by atoms with Crippen molar-refractivity contribution in [3.63, 3.8) is 0 Å². The van der Waals surface area contributed by atoms with Gasteiger partial charge in [0.05, 0.1) is 42.9 Å². The van der Waals surface area contributed by atoms with Crippen LogP contribution in [0.25, 0.3) is 0 Å². The summed E-state index contributed by atoms with van der Waals surface area (Å²) in [6.45, 7) is 11.5. The van der Waals surface area contributed by atoms with Crippen LogP contribution in [0.4, 0.5) is 22.8 Å². The topological polar surface area (TPSA) is 273 Å². The summed E-state index contributed by atoms with van der Waals surface area (Å²) in [6, 6.07) is 3.55. The Hall–Kier alpha value is -5.56. The zero-order valence-electron chi connectivity index (χ0n) is 48.4. The molecule has 0 spiro atoms. The number of unbranched alkanes of at least 4 members (excludes halogenated alkanes) is 2. The van der Waals surface area contributed by atoms with Gasteiger partial charge in [-0.05, 0) is 101 Å². The molecule has 82 heavy (non-hydrogen) atoms. The van der Waals surface area contributed by atoms with Crippen molar-refractivity contribution in [2.45, 2.75) is 196 Å². The van der Waals surface area contributed by atoms with Gasteiger partial charge in [-0.25, -0.2) is 9.59 Å². The van der Waals surface area contributed by atoms with Gasteiger partial charge < -0.3 is 60.6 Å². The first-order chi connectivity index (χ1) is 38.7. The second kappa shape index (κ2) is 29.3. The number of halogens is 3. The van der Waals surface area contributed by atoms with E-state index in [2.05, 4.69) is 38.4 Å². The molecule has 5 aliphatic rings. The van der Waals surface area contributed by atoms with Gasteiger partial charge in [-0.2, -0.15) is 24.9 Å². The van der Waals surface area contributed by atoms with Crippen LogP contribution in [0.15, 0.2) is 70.4 Å². The van der Waals surface area contributed by atoms with Crippen molar-refractivity contribution in [2.75, 3.05) is 39.5 Å². The molecule has 0 saturated carbocycles. The van der Waals surface area contributed by atoms with E-state index < -0.39 is 77.7 Å². The van der Waals surface area contributed by atoms with Crippen LogP contribution in [-0.4, -0.2) is 172 Å². The van der Waals surface area contributed by atoms with E-state index in [-0.39, 0.29) is 110 Å². The monoisotopic (exact) mass is 1170 g/mol. The molecule has 3 fully saturated rings. The summed E-state index contributed by atoms with van der Waals surface area (Å²) in [6.07, 6.45) is 4.34. The molecule has 3 saturated heterocycles. The zero-order chi connectivity index (χ0) is 60.1. The van der Waals surface area contributed by atoms with Gasteiger partial charge in [0.25, 0.3) is 5.91 Å². The van der Waals surface area contributed by atoms with Gasteiger partial charge in [0, 0.05) is 74.1 Å². The van der Waals surface area contributed by atoms with E-state index >= 15 is 0 Å². The Morgan fingerprint density at radius 3 is 2.41 bits per heavy atom. The number of nitrogens with zero attached hydrogens (tertiary/aromatic N) is 4. The van der Waals surface area contributed by atoms with Gasteiger partial charge >= 0.3 is 29.9 Å². The van der Waals surface area contributed by atoms with Crippen molar-refractivity contribution in [1.82, 2.24) is 31.1 Å². The summed E-state index contributed by atoms with van der Waals surface area (Å²) >= 11 is 1.81. The van der Waals surface area contributed by atoms with Crippen LogP contribution in [0, 0.1) is 17.8 Å². The molecule has 1 aromatic carbocycles. The molecule has 0 aromatic heterocycles. The fourth-order valence-corrected chi connectivity index (χ4v) is 12.2. The molecule has 20 nitrogen and oxygen atoms in total. The SMILES string of the molecule is CCC(O)C(C)C1OC1CC(C)/C=C/C=C(\C)C1OC(=O)CC(O)CCC(C)(O)C(OC(=O)NCCCC[C@H](NC(=O)c2ccc(C3(C(F)(F)F)N=N3)cc2)C(=O)N(C)CCN(C)C(=O)CCCC[C@@H]2SC[C@@H]3NC(=O)N[C@@H]32)/C=C\C1C. The van der Waals surface area contributed by atoms with Gasteiger partial charge in [0.2, 0.25) is 11.8 Å². The Labute approximate surface area is 483 Å². The predicted molar refractivity (Wildman–Crippen MR) is 301 cm³/mol. The number of carbonyl (C=O) groups is 6. The van der Waals surface area contributed by atoms with Crippen molar-refractivity contribution >= 4 is 47.6 Å². The first-order valence-corrected chi connectivity index (χ1v) is 29.8. The van der Waals surface area contributed by atoms with Crippen LogP contribution in [-0.2, 0) is 34.3 Å². The number of thioether (sulfide) groups is 1. The van der Waals surface area contributed by atoms with Crippen LogP contribution in [0.2, 0.25) is 0 Å². The van der Waals surface area contributed by atoms with Crippen molar-refractivity contribution in [3.05, 3.63) is 71.3 Å². The molecule has 14 atom stereocenters. The van der Waals surface area contributed by atoms with Crippen LogP contribution in [0.5, 0.6) is 0 Å². The van der Waals surface area contributed by atoms with Gasteiger partial charge in [-0.3, -0.25) is 19.2 Å². The molecule has 5 heterocycles. The lowest BCUT2D eigenvalue weighted by Gasteiger charge is -2.32. The number of hydrogen-bond donors (Lipinski definition) is 7. The van der Waals surface area contributed by atoms with Gasteiger partial charge in [0.15, 0.2) is 6.10 Å². The van der Waals surface area contributed by atoms with Crippen LogP contribution in [0.1, 0.15) is 135 Å². The summed E-state index contributed by atoms with van der Waals surface area (Å²) in [7, 11) is 3.18. The normalized spacial score (nSPS) is 28.9. The number of allylic oxidation sites excluding steroid dienone is 3. The highest BCUT2D eigenvalue weighted by Gasteiger charge is 2.65. The van der Waals surface area contributed by atoms with E-state index in [1.807, 2.05) is 57.7 Å². The Morgan fingerprint density at radius 1 is 1.02 bits per heavy atom. The third kappa shape index (κ3) is 18.2. The molecule has 0 radical (unpaired) electrons. The van der Waals surface area contributed by atoms with E-state index in [1.165, 1.54) is 42.0 Å². The average molecular weight is 1180 g/mol. The number of aliphatic hydroxyl groups is 3. The molecule has 456 valence electrons. The molecular weight excluding hydrogens is 1090 g/mol. The lowest BCUT2D eigenvalue weighted by Crippen LogP contribution is -2.49. The number of ether oxygens (including phenoxy) is 3. The first kappa shape index (κ1) is 65.6. The van der Waals surface area contributed by atoms with Crippen LogP contribution < -0.4 is 21.3 Å². The fourth-order valence-electron chi connectivity index (χ4n) is 10.7. The molecule has 6 rings (SSSR count). The molecule has 10 unspecified atom stereocenters. The van der Waals surface area contributed by atoms with Crippen molar-refractivity contribution in [2.24, 2.45) is 28.0 Å². The number of amides is 6. The number of aliphatic hydroxyl groups excluding tert-OH is 2. The average Bonchev–Trinajstić information content (AvgIpc) is 3.28. The maximum atomic E-state index is 14.0. The molecule has 0 bridgehead atoms. The molecule has 6 amide bonds. The number of benzene rings is 1. The van der Waals surface area contributed by atoms with Crippen molar-refractivity contribution in [3.8, 4) is 0 Å². The van der Waals surface area contributed by atoms with Crippen molar-refractivity contribution < 1.29 is 71.5 Å². The predicted octanol–water partition coefficient (Wildman–Crippen LogP) is 6.98. The summed E-state index contributed by atoms with van der Waals surface area (Å²) in [5, 5.41) is 50.7. The van der Waals surface area contributed by atoms with E-state index in [1.54, 1.807) is 13.1 Å². The summed E-state index contributed by atoms with van der Waals surface area (Å²) in [5.74, 6) is -1.33. The third-order valence-corrected chi connectivity index (χ3v) is 17.8. The Balaban J connectivity index is 1.02. The smallest absolute Gasteiger partial charge is 0.442 e. The van der Waals surface area contributed by atoms with E-state index in [9.17, 15) is 57.3 Å². The number of alkyl halides is 3. The second-order valence-corrected chi connectivity index (χ2v) is 24.3. The van der Waals surface area contributed by atoms with E-state index in [0.29, 0.717) is 37.7 Å². The van der Waals surface area contributed by atoms with Crippen LogP contribution in [0.3, 0.4) is 0 Å². The fraction of sp³-hybridized carbons (Fsp3) is 0.690. The number of esters is 1. The largest absolute Gasteiger partial charge is 0.457 e. The van der Waals surface area contributed by atoms with Gasteiger partial charge in [-0.15, -0.1) is 10.2 Å². The number of urea groups is 1. The standard InChI is InChI=1S/C58H85F3N8O12S/c1-9-43(71)37(5)51-44(79-51)31-34(2)15-14-16-35(3)50-36(4)20-25-46(56(6,78)27-26-40(70)32-48(73)81-50)80-55(77)62-28-13-12-17-41(63-52(74)38-21-23-39(24-22-38)57(66-67-57)58(59,60)61)53(75)69(8)30-29-68(7)47(72)19-11-10-18-45-49-42(33-82-45)64-54(76)65-49/h14-16,20-25,34,36-37,40-46,49-51,70-71,78H,9-13,17-19,26-33H2,1-8H3,(H,62,77)(H,63,74)(H2,64,65,76)/b15-14+,25-20-,35-16+/t34?,36?,37?,40?,41-,42-,43?,44?,45-,46?,49-,50?,51?,56?/m0/s1. The maximum Gasteiger partial charge on any atom is 0.442 e. The van der Waals surface area contributed by atoms with Gasteiger partial charge in [0.1, 0.15) is 17.7 Å². The lowest BCUT2D eigenvalue weighted by atomic mass is 9.88. The zero-order valence-corrected chi connectivity index (χ0v) is 49.2. The number of likely N-dealkylation sites (N-methyl/N-ethyl adjacent to an activating group) is 2. The van der Waals surface area contributed by atoms with E-state index in [0.717, 1.165) is 37.1 Å². The quantitative estimate of drug-likeness (QED) is 0.0123. The Morgan fingerprint density at radius 2 is 1.73 bits per heavy atom. The number of alkyl carbamates (subject to hydrolysis) is 1. The number of epoxide rings is 1. The highest BCUT2D eigenvalue weighted by atomic mass is 32.2. The van der Waals surface area contributed by atoms with Crippen LogP contribution >= 0.6 is 11.8 Å². The summed E-state index contributed by atoms with van der Waals surface area (Å²) < 4.78 is 58.6. The minimum atomic E-state index is -4.76. The molecular formula is C58H85F3N8O12S. The number of nitrogens with one attached hydrogen (secondary N) is 4. The van der Waals surface area contributed by atoms with Gasteiger partial charge in [-0.1, -0.05) is 70.6 Å². The first-order valence-electron chi connectivity index (χ1n) is 28.7. The Bertz CT molecular complexity index is 2490. The highest BCUT2D eigenvalue weighted by molar-refractivity contribution is 8.00. The third-order valence-electron chi connectivity index (χ3n) is 16.3. The molecule has 1 aromatic rings. The maximum absolute atomic E-state index is 14.0. The number of hydrogen-bond acceptors (Lipinski definition) is 15. The Kier molecular flexibility index (Phi) is 23.4. The number of rotatable bonds is 26.